The van der Waals surface area contributed by atoms with E-state index in [-0.39, 0.29) is 10.8 Å². The lowest BCUT2D eigenvalue weighted by atomic mass is 9.79. The van der Waals surface area contributed by atoms with E-state index in [1.165, 1.54) is 87.7 Å². The minimum atomic E-state index is -0.0810. The molecule has 0 radical (unpaired) electrons. The molecule has 3 heteroatoms. The molecule has 0 bridgehead atoms. The molecule has 2 heterocycles. The first-order valence-corrected chi connectivity index (χ1v) is 17.9. The summed E-state index contributed by atoms with van der Waals surface area (Å²) in [6, 6.07) is 26.8. The zero-order valence-corrected chi connectivity index (χ0v) is 30.6. The van der Waals surface area contributed by atoms with Crippen molar-refractivity contribution in [2.75, 3.05) is 46.2 Å². The first-order valence-electron chi connectivity index (χ1n) is 17.9. The number of hydrogen-bond acceptors (Lipinski definition) is 1. The van der Waals surface area contributed by atoms with Crippen molar-refractivity contribution < 1.29 is 9.06 Å². The summed E-state index contributed by atoms with van der Waals surface area (Å²) >= 11 is 0. The quantitative estimate of drug-likeness (QED) is 0.0686. The second-order valence-electron chi connectivity index (χ2n) is 15.8. The Morgan fingerprint density at radius 1 is 0.646 bits per heavy atom. The van der Waals surface area contributed by atoms with E-state index in [0.717, 1.165) is 11.0 Å². The van der Waals surface area contributed by atoms with Crippen LogP contribution < -0.4 is 4.90 Å². The van der Waals surface area contributed by atoms with Crippen molar-refractivity contribution in [3.8, 4) is 0 Å². The van der Waals surface area contributed by atoms with Crippen LogP contribution in [0.4, 0.5) is 11.4 Å². The fourth-order valence-corrected chi connectivity index (χ4v) is 8.17. The van der Waals surface area contributed by atoms with Gasteiger partial charge in [-0.1, -0.05) is 105 Å². The predicted octanol–water partition coefficient (Wildman–Crippen LogP) is 10.6. The maximum absolute atomic E-state index is 2.60. The number of hydrogen-bond donors (Lipinski definition) is 0. The van der Waals surface area contributed by atoms with Crippen molar-refractivity contribution in [1.82, 2.24) is 0 Å². The van der Waals surface area contributed by atoms with Crippen LogP contribution >= 0.6 is 0 Å². The molecule has 48 heavy (non-hydrogen) atoms. The Morgan fingerprint density at radius 2 is 1.25 bits per heavy atom. The van der Waals surface area contributed by atoms with Gasteiger partial charge in [-0.05, 0) is 78.4 Å². The summed E-state index contributed by atoms with van der Waals surface area (Å²) < 4.78 is 3.40. The van der Waals surface area contributed by atoms with E-state index in [4.69, 9.17) is 0 Å². The van der Waals surface area contributed by atoms with E-state index in [1.54, 1.807) is 0 Å². The molecular weight excluding hydrogens is 583 g/mol. The number of unbranched alkanes of at least 4 members (excludes halogenated alkanes) is 3. The Labute approximate surface area is 289 Å². The average molecular weight is 638 g/mol. The third kappa shape index (κ3) is 6.45. The first kappa shape index (κ1) is 33.7. The Bertz CT molecular complexity index is 1970. The fraction of sp³-hybridized carbons (Fsp3) is 0.356. The van der Waals surface area contributed by atoms with Gasteiger partial charge in [0.1, 0.15) is 7.05 Å². The predicted molar refractivity (Wildman–Crippen MR) is 209 cm³/mol. The number of anilines is 1. The number of allylic oxidation sites excluding steroid dienone is 8. The molecule has 4 aromatic carbocycles. The molecule has 0 amide bonds. The third-order valence-corrected chi connectivity index (χ3v) is 10.6. The first-order chi connectivity index (χ1) is 22.9. The summed E-state index contributed by atoms with van der Waals surface area (Å²) in [5.74, 6) is 0. The number of benzene rings is 4. The summed E-state index contributed by atoms with van der Waals surface area (Å²) in [6.45, 7) is 11.8. The molecule has 0 saturated heterocycles. The number of quaternary nitrogens is 1. The fourth-order valence-electron chi connectivity index (χ4n) is 8.17. The van der Waals surface area contributed by atoms with Crippen LogP contribution in [0.15, 0.2) is 121 Å². The Balaban J connectivity index is 1.19. The monoisotopic (exact) mass is 637 g/mol. The van der Waals surface area contributed by atoms with Crippen molar-refractivity contribution >= 4 is 38.6 Å². The molecule has 0 spiro atoms. The molecule has 0 saturated carbocycles. The van der Waals surface area contributed by atoms with Gasteiger partial charge >= 0.3 is 0 Å². The summed E-state index contributed by atoms with van der Waals surface area (Å²) in [4.78, 5) is 2.60. The van der Waals surface area contributed by atoms with E-state index in [2.05, 4.69) is 181 Å². The van der Waals surface area contributed by atoms with E-state index in [1.807, 2.05) is 0 Å². The Morgan fingerprint density at radius 3 is 1.96 bits per heavy atom. The Hall–Kier alpha value is -4.21. The van der Waals surface area contributed by atoms with Crippen LogP contribution in [0, 0.1) is 0 Å². The highest BCUT2D eigenvalue weighted by molar-refractivity contribution is 6.07. The van der Waals surface area contributed by atoms with Crippen molar-refractivity contribution in [2.24, 2.45) is 0 Å². The maximum atomic E-state index is 2.60. The molecule has 6 rings (SSSR count). The van der Waals surface area contributed by atoms with Crippen LogP contribution in [0.2, 0.25) is 0 Å². The minimum Gasteiger partial charge on any atom is -0.344 e. The van der Waals surface area contributed by atoms with Crippen LogP contribution in [-0.2, 0) is 10.8 Å². The molecule has 0 aromatic heterocycles. The molecule has 2 aliphatic heterocycles. The van der Waals surface area contributed by atoms with E-state index >= 15 is 0 Å². The normalized spacial score (nSPS) is 18.1. The van der Waals surface area contributed by atoms with Crippen LogP contribution in [-0.4, -0.2) is 56.1 Å². The smallest absolute Gasteiger partial charge is 0.210 e. The summed E-state index contributed by atoms with van der Waals surface area (Å²) in [5.41, 5.74) is 8.09. The van der Waals surface area contributed by atoms with E-state index in [9.17, 15) is 0 Å². The van der Waals surface area contributed by atoms with Gasteiger partial charge in [0, 0.05) is 41.1 Å². The van der Waals surface area contributed by atoms with Crippen LogP contribution in [0.25, 0.3) is 21.5 Å². The average Bonchev–Trinajstić information content (AvgIpc) is 3.39. The number of rotatable bonds is 11. The van der Waals surface area contributed by atoms with Gasteiger partial charge in [0.05, 0.1) is 33.1 Å². The summed E-state index contributed by atoms with van der Waals surface area (Å²) in [6.07, 6.45) is 20.6. The van der Waals surface area contributed by atoms with Gasteiger partial charge in [0.15, 0.2) is 5.71 Å². The van der Waals surface area contributed by atoms with Crippen LogP contribution in [0.5, 0.6) is 0 Å². The van der Waals surface area contributed by atoms with Gasteiger partial charge in [-0.3, -0.25) is 0 Å². The standard InChI is InChI=1S/C45H55N3/c1-44(2)40(46(5)38-30-28-34-22-16-18-24-36(34)42(38)44)26-14-10-9-11-15-27-41-45(3,4)43-37-25-19-17-23-35(37)29-31-39(43)47(41)32-20-12-13-21-33-48(6,7)8/h9-11,14-19,22-31H,12-13,20-21,32-33H2,1-8H3/q+2. The van der Waals surface area contributed by atoms with Gasteiger partial charge in [-0.2, -0.15) is 4.58 Å². The van der Waals surface area contributed by atoms with Crippen LogP contribution in [0.3, 0.4) is 0 Å². The topological polar surface area (TPSA) is 6.25 Å². The highest BCUT2D eigenvalue weighted by Crippen LogP contribution is 2.51. The third-order valence-electron chi connectivity index (χ3n) is 10.6. The lowest BCUT2D eigenvalue weighted by Gasteiger charge is -2.27. The largest absolute Gasteiger partial charge is 0.344 e. The number of nitrogens with zero attached hydrogens (tertiary/aromatic N) is 3. The second kappa shape index (κ2) is 13.4. The molecule has 3 nitrogen and oxygen atoms in total. The van der Waals surface area contributed by atoms with Gasteiger partial charge in [-0.25, -0.2) is 0 Å². The van der Waals surface area contributed by atoms with Crippen molar-refractivity contribution in [1.29, 1.82) is 0 Å². The van der Waals surface area contributed by atoms with Crippen molar-refractivity contribution in [2.45, 2.75) is 64.2 Å². The molecule has 0 aliphatic carbocycles. The summed E-state index contributed by atoms with van der Waals surface area (Å²) in [5, 5.41) is 5.35. The molecule has 0 fully saturated rings. The second-order valence-corrected chi connectivity index (χ2v) is 15.8. The lowest BCUT2D eigenvalue weighted by molar-refractivity contribution is -0.870. The molecular formula is C45H55N3+2. The molecule has 4 aromatic rings. The highest BCUT2D eigenvalue weighted by atomic mass is 15.3. The molecule has 2 aliphatic rings. The highest BCUT2D eigenvalue weighted by Gasteiger charge is 2.44. The van der Waals surface area contributed by atoms with Gasteiger partial charge in [-0.15, -0.1) is 0 Å². The lowest BCUT2D eigenvalue weighted by Crippen LogP contribution is -2.35. The van der Waals surface area contributed by atoms with E-state index < -0.39 is 0 Å². The zero-order valence-electron chi connectivity index (χ0n) is 30.6. The van der Waals surface area contributed by atoms with Gasteiger partial charge in [0.25, 0.3) is 0 Å². The SMILES string of the molecule is C[N+]1=C(/C=C/C=C/C=C/C=C2/N(CCCCCC[N+](C)(C)C)c3ccc4ccccc4c3C2(C)C)C(C)(C)c2c1ccc1ccccc21. The van der Waals surface area contributed by atoms with Crippen molar-refractivity contribution in [3.63, 3.8) is 0 Å². The molecule has 248 valence electrons. The van der Waals surface area contributed by atoms with Crippen molar-refractivity contribution in [3.05, 3.63) is 132 Å². The zero-order chi connectivity index (χ0) is 34.1. The Kier molecular flexibility index (Phi) is 9.37. The summed E-state index contributed by atoms with van der Waals surface area (Å²) in [7, 11) is 9.06. The molecule has 0 unspecified atom stereocenters. The minimum absolute atomic E-state index is 0.0714. The van der Waals surface area contributed by atoms with Gasteiger partial charge in [0.2, 0.25) is 5.69 Å². The van der Waals surface area contributed by atoms with E-state index in [0.29, 0.717) is 0 Å². The number of fused-ring (bicyclic) bond motifs is 6. The van der Waals surface area contributed by atoms with Gasteiger partial charge < -0.3 is 9.38 Å². The molecule has 0 N–H and O–H groups in total. The maximum Gasteiger partial charge on any atom is 0.210 e. The van der Waals surface area contributed by atoms with Crippen LogP contribution in [0.1, 0.15) is 64.5 Å². The molecule has 0 atom stereocenters.